The zero-order valence-electron chi connectivity index (χ0n) is 20.3. The molecule has 4 unspecified atom stereocenters. The molecule has 1 spiro atoms. The van der Waals surface area contributed by atoms with Crippen molar-refractivity contribution in [3.63, 3.8) is 0 Å². The molecule has 5 aliphatic rings. The van der Waals surface area contributed by atoms with Gasteiger partial charge in [-0.3, -0.25) is 4.79 Å². The summed E-state index contributed by atoms with van der Waals surface area (Å²) in [5.41, 5.74) is 4.23. The molecule has 4 aliphatic carbocycles. The summed E-state index contributed by atoms with van der Waals surface area (Å²) in [6.45, 7) is 0.237. The number of fused-ring (bicyclic) bond motifs is 1. The lowest BCUT2D eigenvalue weighted by Gasteiger charge is -2.59. The van der Waals surface area contributed by atoms with Crippen molar-refractivity contribution in [2.24, 2.45) is 5.92 Å². The maximum absolute atomic E-state index is 13.0. The van der Waals surface area contributed by atoms with Crippen molar-refractivity contribution in [1.82, 2.24) is 0 Å². The Kier molecular flexibility index (Phi) is 4.88. The van der Waals surface area contributed by atoms with Gasteiger partial charge in [-0.2, -0.15) is 0 Å². The molecule has 0 amide bonds. The minimum absolute atomic E-state index is 0.0280. The van der Waals surface area contributed by atoms with Gasteiger partial charge in [0.2, 0.25) is 0 Å². The summed E-state index contributed by atoms with van der Waals surface area (Å²) in [6, 6.07) is 12.1. The van der Waals surface area contributed by atoms with Gasteiger partial charge in [0.1, 0.15) is 0 Å². The summed E-state index contributed by atoms with van der Waals surface area (Å²) >= 11 is 0. The third-order valence-electron chi connectivity index (χ3n) is 9.40. The average molecular weight is 487 g/mol. The highest BCUT2D eigenvalue weighted by molar-refractivity contribution is 5.90. The van der Waals surface area contributed by atoms with Crippen LogP contribution in [0.15, 0.2) is 48.0 Å². The van der Waals surface area contributed by atoms with Crippen molar-refractivity contribution in [2.45, 2.75) is 74.9 Å². The van der Waals surface area contributed by atoms with Crippen LogP contribution in [0, 0.1) is 5.92 Å². The van der Waals surface area contributed by atoms with E-state index in [1.165, 1.54) is 16.7 Å². The Hall–Kier alpha value is -3.12. The standard InChI is InChI=1S/C30H30O6/c31-23-11-14-30(33)22-6-3-13-29(30)25-21(17-22)9-10-24(26(25)36-27(23)29)35-28(32)34-15-12-18-7-8-19-4-1-2-5-20(19)16-18/h1-2,4-5,7,9-10,22,27,33H,3,6,8,11-17H2. The van der Waals surface area contributed by atoms with Gasteiger partial charge in [-0.05, 0) is 67.2 Å². The van der Waals surface area contributed by atoms with E-state index in [4.69, 9.17) is 14.2 Å². The largest absolute Gasteiger partial charge is 0.513 e. The number of benzene rings is 2. The van der Waals surface area contributed by atoms with Gasteiger partial charge in [0.05, 0.1) is 17.6 Å². The predicted octanol–water partition coefficient (Wildman–Crippen LogP) is 4.77. The highest BCUT2D eigenvalue weighted by Gasteiger charge is 2.71. The molecule has 2 aromatic rings. The molecular formula is C30H30O6. The summed E-state index contributed by atoms with van der Waals surface area (Å²) in [4.78, 5) is 25.6. The minimum Gasteiger partial charge on any atom is -0.477 e. The maximum Gasteiger partial charge on any atom is 0.513 e. The van der Waals surface area contributed by atoms with E-state index in [1.807, 2.05) is 6.07 Å². The number of rotatable bonds is 4. The Balaban J connectivity index is 1.09. The third kappa shape index (κ3) is 3.00. The van der Waals surface area contributed by atoms with Gasteiger partial charge in [0, 0.05) is 18.4 Å². The smallest absolute Gasteiger partial charge is 0.477 e. The van der Waals surface area contributed by atoms with Crippen molar-refractivity contribution in [3.05, 3.63) is 70.3 Å². The van der Waals surface area contributed by atoms with E-state index in [2.05, 4.69) is 30.3 Å². The Morgan fingerprint density at radius 1 is 1.11 bits per heavy atom. The van der Waals surface area contributed by atoms with Crippen molar-refractivity contribution < 1.29 is 28.9 Å². The summed E-state index contributed by atoms with van der Waals surface area (Å²) in [7, 11) is 0. The SMILES string of the molecule is O=C(OCCC1=CCc2ccccc2C1)Oc1ccc2c3c1OC1C(=O)CCC4(O)C(CCCC314)C2. The van der Waals surface area contributed by atoms with Crippen LogP contribution in [0.4, 0.5) is 4.79 Å². The van der Waals surface area contributed by atoms with Crippen LogP contribution >= 0.6 is 0 Å². The number of ether oxygens (including phenoxy) is 3. The molecule has 6 heteroatoms. The number of hydrogen-bond donors (Lipinski definition) is 1. The van der Waals surface area contributed by atoms with Crippen molar-refractivity contribution in [2.75, 3.05) is 6.61 Å². The molecule has 1 aliphatic heterocycles. The van der Waals surface area contributed by atoms with Crippen LogP contribution in [0.25, 0.3) is 0 Å². The second-order valence-corrected chi connectivity index (χ2v) is 11.0. The first-order chi connectivity index (χ1) is 17.5. The van der Waals surface area contributed by atoms with E-state index in [-0.39, 0.29) is 24.1 Å². The molecule has 36 heavy (non-hydrogen) atoms. The van der Waals surface area contributed by atoms with Crippen LogP contribution in [0.1, 0.15) is 60.8 Å². The van der Waals surface area contributed by atoms with Gasteiger partial charge < -0.3 is 19.3 Å². The van der Waals surface area contributed by atoms with E-state index < -0.39 is 23.3 Å². The van der Waals surface area contributed by atoms with E-state index >= 15 is 0 Å². The first-order valence-corrected chi connectivity index (χ1v) is 13.2. The lowest BCUT2D eigenvalue weighted by molar-refractivity contribution is -0.177. The van der Waals surface area contributed by atoms with Crippen LogP contribution in [0.3, 0.4) is 0 Å². The van der Waals surface area contributed by atoms with Gasteiger partial charge >= 0.3 is 6.16 Å². The molecule has 186 valence electrons. The van der Waals surface area contributed by atoms with Crippen molar-refractivity contribution in [3.8, 4) is 11.5 Å². The first kappa shape index (κ1) is 22.1. The predicted molar refractivity (Wildman–Crippen MR) is 131 cm³/mol. The quantitative estimate of drug-likeness (QED) is 0.381. The molecule has 0 saturated heterocycles. The molecular weight excluding hydrogens is 456 g/mol. The second kappa shape index (κ2) is 7.94. The van der Waals surface area contributed by atoms with Gasteiger partial charge in [0.25, 0.3) is 0 Å². The maximum atomic E-state index is 13.0. The molecule has 2 bridgehead atoms. The van der Waals surface area contributed by atoms with Gasteiger partial charge in [0.15, 0.2) is 23.4 Å². The van der Waals surface area contributed by atoms with Crippen LogP contribution in [0.2, 0.25) is 0 Å². The topological polar surface area (TPSA) is 82.1 Å². The number of carbonyl (C=O) groups excluding carboxylic acids is 2. The van der Waals surface area contributed by atoms with Crippen LogP contribution < -0.4 is 9.47 Å². The number of ketones is 1. The number of carbonyl (C=O) groups is 2. The van der Waals surface area contributed by atoms with E-state index in [0.29, 0.717) is 31.4 Å². The second-order valence-electron chi connectivity index (χ2n) is 11.0. The van der Waals surface area contributed by atoms with Gasteiger partial charge in [-0.15, -0.1) is 0 Å². The summed E-state index contributed by atoms with van der Waals surface area (Å²) in [5, 5.41) is 11.9. The average Bonchev–Trinajstić information content (AvgIpc) is 3.23. The zero-order valence-corrected chi connectivity index (χ0v) is 20.3. The Morgan fingerprint density at radius 3 is 2.86 bits per heavy atom. The van der Waals surface area contributed by atoms with Gasteiger partial charge in [-0.1, -0.05) is 48.4 Å². The number of aliphatic hydroxyl groups is 1. The summed E-state index contributed by atoms with van der Waals surface area (Å²) in [5.74, 6) is 0.865. The summed E-state index contributed by atoms with van der Waals surface area (Å²) in [6.07, 6.45) is 7.33. The molecule has 2 fully saturated rings. The molecule has 0 aromatic heterocycles. The Bertz CT molecular complexity index is 1310. The van der Waals surface area contributed by atoms with Crippen LogP contribution in [-0.2, 0) is 34.2 Å². The number of Topliss-reactive ketones (excluding diaryl/α,β-unsaturated/α-hetero) is 1. The summed E-state index contributed by atoms with van der Waals surface area (Å²) < 4.78 is 17.3. The third-order valence-corrected chi connectivity index (χ3v) is 9.40. The van der Waals surface area contributed by atoms with Crippen molar-refractivity contribution >= 4 is 11.9 Å². The van der Waals surface area contributed by atoms with Crippen LogP contribution in [-0.4, -0.2) is 35.4 Å². The van der Waals surface area contributed by atoms with E-state index in [0.717, 1.165) is 43.2 Å². The highest BCUT2D eigenvalue weighted by Crippen LogP contribution is 2.66. The zero-order chi connectivity index (χ0) is 24.5. The monoisotopic (exact) mass is 486 g/mol. The molecule has 2 saturated carbocycles. The van der Waals surface area contributed by atoms with E-state index in [1.54, 1.807) is 6.07 Å². The number of allylic oxidation sites excluding steroid dienone is 1. The normalized spacial score (nSPS) is 31.0. The van der Waals surface area contributed by atoms with Crippen LogP contribution in [0.5, 0.6) is 11.5 Å². The molecule has 4 atom stereocenters. The lowest BCUT2D eigenvalue weighted by atomic mass is 9.46. The van der Waals surface area contributed by atoms with E-state index in [9.17, 15) is 14.7 Å². The minimum atomic E-state index is -0.951. The molecule has 1 N–H and O–H groups in total. The molecule has 0 radical (unpaired) electrons. The van der Waals surface area contributed by atoms with Crippen molar-refractivity contribution in [1.29, 1.82) is 0 Å². The highest BCUT2D eigenvalue weighted by atomic mass is 16.7. The fourth-order valence-corrected chi connectivity index (χ4v) is 7.78. The molecule has 2 aromatic carbocycles. The fraction of sp³-hybridized carbons (Fsp3) is 0.467. The lowest BCUT2D eigenvalue weighted by Crippen LogP contribution is -2.69. The van der Waals surface area contributed by atoms with Gasteiger partial charge in [-0.25, -0.2) is 4.79 Å². The number of hydrogen-bond acceptors (Lipinski definition) is 6. The Morgan fingerprint density at radius 2 is 1.97 bits per heavy atom. The molecule has 1 heterocycles. The fourth-order valence-electron chi connectivity index (χ4n) is 7.78. The first-order valence-electron chi connectivity index (χ1n) is 13.2. The molecule has 7 rings (SSSR count). The Labute approximate surface area is 210 Å². The molecule has 6 nitrogen and oxygen atoms in total.